The van der Waals surface area contributed by atoms with Gasteiger partial charge in [0.2, 0.25) is 0 Å². The summed E-state index contributed by atoms with van der Waals surface area (Å²) in [5.74, 6) is 0.462. The van der Waals surface area contributed by atoms with Gasteiger partial charge in [-0.05, 0) is 43.4 Å². The van der Waals surface area contributed by atoms with E-state index in [1.165, 1.54) is 17.4 Å². The van der Waals surface area contributed by atoms with E-state index < -0.39 is 11.7 Å². The number of carbonyl (C=O) groups excluding carboxylic acids is 1. The minimum atomic E-state index is -4.42. The zero-order chi connectivity index (χ0) is 23.6. The van der Waals surface area contributed by atoms with Crippen LogP contribution in [0.5, 0.6) is 0 Å². The number of anilines is 1. The first-order valence-corrected chi connectivity index (χ1v) is 11.7. The largest absolute Gasteiger partial charge is 0.417 e. The van der Waals surface area contributed by atoms with Crippen LogP contribution in [0.2, 0.25) is 0 Å². The summed E-state index contributed by atoms with van der Waals surface area (Å²) >= 11 is 1.50. The first-order chi connectivity index (χ1) is 15.7. The van der Waals surface area contributed by atoms with Crippen molar-refractivity contribution in [2.45, 2.75) is 38.9 Å². The SMILES string of the molecule is Cc1nc(C(=O)N2CCC[C@@H](C)[C@H]2CNc2ccc(C(F)(F)F)cn2)c(-c2ccccc2)s1. The lowest BCUT2D eigenvalue weighted by Gasteiger charge is -2.40. The van der Waals surface area contributed by atoms with Gasteiger partial charge in [-0.15, -0.1) is 11.3 Å². The van der Waals surface area contributed by atoms with Crippen LogP contribution in [0.3, 0.4) is 0 Å². The Morgan fingerprint density at radius 3 is 2.64 bits per heavy atom. The molecule has 1 saturated heterocycles. The van der Waals surface area contributed by atoms with Crippen molar-refractivity contribution < 1.29 is 18.0 Å². The Hall–Kier alpha value is -2.94. The van der Waals surface area contributed by atoms with E-state index in [-0.39, 0.29) is 17.9 Å². The molecule has 1 amide bonds. The Balaban J connectivity index is 1.54. The lowest BCUT2D eigenvalue weighted by Crippen LogP contribution is -2.51. The van der Waals surface area contributed by atoms with Crippen LogP contribution in [0.4, 0.5) is 19.0 Å². The van der Waals surface area contributed by atoms with Crippen LogP contribution in [0.15, 0.2) is 48.7 Å². The second-order valence-electron chi connectivity index (χ2n) is 8.27. The highest BCUT2D eigenvalue weighted by Crippen LogP contribution is 2.33. The van der Waals surface area contributed by atoms with Crippen LogP contribution in [0, 0.1) is 12.8 Å². The van der Waals surface area contributed by atoms with Crippen LogP contribution < -0.4 is 5.32 Å². The average molecular weight is 475 g/mol. The van der Waals surface area contributed by atoms with E-state index in [4.69, 9.17) is 0 Å². The lowest BCUT2D eigenvalue weighted by molar-refractivity contribution is -0.137. The number of piperidine rings is 1. The first-order valence-electron chi connectivity index (χ1n) is 10.8. The van der Waals surface area contributed by atoms with Gasteiger partial charge in [-0.25, -0.2) is 9.97 Å². The van der Waals surface area contributed by atoms with E-state index >= 15 is 0 Å². The molecule has 1 aliphatic rings. The number of amides is 1. The maximum atomic E-state index is 13.6. The number of nitrogens with zero attached hydrogens (tertiary/aromatic N) is 3. The molecule has 1 aliphatic heterocycles. The number of alkyl halides is 3. The summed E-state index contributed by atoms with van der Waals surface area (Å²) in [5.41, 5.74) is 0.624. The van der Waals surface area contributed by atoms with Crippen LogP contribution in [-0.2, 0) is 6.18 Å². The normalized spacial score (nSPS) is 18.9. The van der Waals surface area contributed by atoms with E-state index in [1.54, 1.807) is 0 Å². The summed E-state index contributed by atoms with van der Waals surface area (Å²) in [6, 6.07) is 11.9. The number of hydrogen-bond acceptors (Lipinski definition) is 5. The fraction of sp³-hybridized carbons (Fsp3) is 0.375. The van der Waals surface area contributed by atoms with E-state index in [0.29, 0.717) is 24.6 Å². The summed E-state index contributed by atoms with van der Waals surface area (Å²) < 4.78 is 38.4. The van der Waals surface area contributed by atoms with Gasteiger partial charge in [-0.3, -0.25) is 4.79 Å². The quantitative estimate of drug-likeness (QED) is 0.501. The Morgan fingerprint density at radius 1 is 1.21 bits per heavy atom. The maximum Gasteiger partial charge on any atom is 0.417 e. The molecule has 1 aromatic carbocycles. The van der Waals surface area contributed by atoms with Crippen molar-refractivity contribution in [3.05, 3.63) is 64.9 Å². The van der Waals surface area contributed by atoms with Crippen LogP contribution in [0.1, 0.15) is 40.8 Å². The van der Waals surface area contributed by atoms with Gasteiger partial charge in [0.05, 0.1) is 21.5 Å². The van der Waals surface area contributed by atoms with Gasteiger partial charge in [0.15, 0.2) is 0 Å². The van der Waals surface area contributed by atoms with Gasteiger partial charge >= 0.3 is 6.18 Å². The molecule has 0 aliphatic carbocycles. The molecule has 9 heteroatoms. The van der Waals surface area contributed by atoms with E-state index in [9.17, 15) is 18.0 Å². The molecule has 1 N–H and O–H groups in total. The predicted molar refractivity (Wildman–Crippen MR) is 123 cm³/mol. The number of aryl methyl sites for hydroxylation is 1. The van der Waals surface area contributed by atoms with Crippen LogP contribution in [0.25, 0.3) is 10.4 Å². The maximum absolute atomic E-state index is 13.6. The van der Waals surface area contributed by atoms with Gasteiger partial charge in [-0.1, -0.05) is 37.3 Å². The van der Waals surface area contributed by atoms with E-state index in [2.05, 4.69) is 22.2 Å². The van der Waals surface area contributed by atoms with Crippen molar-refractivity contribution in [1.29, 1.82) is 0 Å². The molecule has 0 bridgehead atoms. The molecule has 174 valence electrons. The third-order valence-electron chi connectivity index (χ3n) is 5.93. The number of thiazole rings is 1. The Labute approximate surface area is 194 Å². The summed E-state index contributed by atoms with van der Waals surface area (Å²) in [5, 5.41) is 3.95. The van der Waals surface area contributed by atoms with Gasteiger partial charge in [-0.2, -0.15) is 13.2 Å². The van der Waals surface area contributed by atoms with Crippen LogP contribution >= 0.6 is 11.3 Å². The van der Waals surface area contributed by atoms with E-state index in [0.717, 1.165) is 40.6 Å². The van der Waals surface area contributed by atoms with Crippen molar-refractivity contribution >= 4 is 23.1 Å². The highest BCUT2D eigenvalue weighted by molar-refractivity contribution is 7.15. The van der Waals surface area contributed by atoms with E-state index in [1.807, 2.05) is 42.2 Å². The van der Waals surface area contributed by atoms with Gasteiger partial charge in [0.25, 0.3) is 5.91 Å². The zero-order valence-electron chi connectivity index (χ0n) is 18.4. The molecule has 3 aromatic rings. The average Bonchev–Trinajstić information content (AvgIpc) is 3.19. The Kier molecular flexibility index (Phi) is 6.69. The Bertz CT molecular complexity index is 1100. The van der Waals surface area contributed by atoms with Crippen molar-refractivity contribution in [1.82, 2.24) is 14.9 Å². The molecule has 33 heavy (non-hydrogen) atoms. The number of pyridine rings is 1. The number of nitrogens with one attached hydrogen (secondary N) is 1. The number of aromatic nitrogens is 2. The predicted octanol–water partition coefficient (Wildman–Crippen LogP) is 5.89. The molecule has 3 heterocycles. The van der Waals surface area contributed by atoms with Crippen molar-refractivity contribution in [3.63, 3.8) is 0 Å². The molecule has 2 aromatic heterocycles. The highest BCUT2D eigenvalue weighted by atomic mass is 32.1. The molecule has 4 rings (SSSR count). The van der Waals surface area contributed by atoms with Gasteiger partial charge in [0, 0.05) is 19.3 Å². The second kappa shape index (κ2) is 9.51. The van der Waals surface area contributed by atoms with Gasteiger partial charge < -0.3 is 10.2 Å². The highest BCUT2D eigenvalue weighted by Gasteiger charge is 2.35. The fourth-order valence-electron chi connectivity index (χ4n) is 4.18. The summed E-state index contributed by atoms with van der Waals surface area (Å²) in [7, 11) is 0. The third-order valence-corrected chi connectivity index (χ3v) is 6.95. The summed E-state index contributed by atoms with van der Waals surface area (Å²) in [6.07, 6.45) is -1.74. The zero-order valence-corrected chi connectivity index (χ0v) is 19.2. The number of rotatable bonds is 5. The van der Waals surface area contributed by atoms with Crippen molar-refractivity contribution in [3.8, 4) is 10.4 Å². The molecule has 0 saturated carbocycles. The molecular formula is C24H25F3N4OS. The number of likely N-dealkylation sites (tertiary alicyclic amines) is 1. The number of hydrogen-bond donors (Lipinski definition) is 1. The summed E-state index contributed by atoms with van der Waals surface area (Å²) in [6.45, 7) is 4.99. The molecule has 0 radical (unpaired) electrons. The Morgan fingerprint density at radius 2 is 1.97 bits per heavy atom. The van der Waals surface area contributed by atoms with Crippen LogP contribution in [-0.4, -0.2) is 39.9 Å². The third kappa shape index (κ3) is 5.19. The van der Waals surface area contributed by atoms with Crippen molar-refractivity contribution in [2.75, 3.05) is 18.4 Å². The topological polar surface area (TPSA) is 58.1 Å². The minimum Gasteiger partial charge on any atom is -0.368 e. The number of halogens is 3. The molecule has 5 nitrogen and oxygen atoms in total. The molecule has 1 fully saturated rings. The standard InChI is InChI=1S/C24H25F3N4OS/c1-15-7-6-12-31(19(15)14-29-20-11-10-18(13-28-20)24(25,26)27)23(32)21-22(33-16(2)30-21)17-8-4-3-5-9-17/h3-5,8-11,13,15,19H,6-7,12,14H2,1-2H3,(H,28,29)/t15-,19-/m1/s1. The van der Waals surface area contributed by atoms with Gasteiger partial charge in [0.1, 0.15) is 11.5 Å². The van der Waals surface area contributed by atoms with Crippen molar-refractivity contribution in [2.24, 2.45) is 5.92 Å². The summed E-state index contributed by atoms with van der Waals surface area (Å²) in [4.78, 5) is 24.8. The smallest absolute Gasteiger partial charge is 0.368 e. The lowest BCUT2D eigenvalue weighted by atomic mass is 9.90. The molecule has 0 unspecified atom stereocenters. The first kappa shape index (κ1) is 23.2. The molecule has 2 atom stereocenters. The fourth-order valence-corrected chi connectivity index (χ4v) is 5.10. The second-order valence-corrected chi connectivity index (χ2v) is 9.48. The molecular weight excluding hydrogens is 449 g/mol. The monoisotopic (exact) mass is 474 g/mol. The minimum absolute atomic E-state index is 0.114. The number of carbonyl (C=O) groups is 1. The molecule has 0 spiro atoms. The number of benzene rings is 1.